The van der Waals surface area contributed by atoms with E-state index in [1.165, 1.54) is 0 Å². The Morgan fingerprint density at radius 3 is 1.33 bits per heavy atom. The third-order valence-corrected chi connectivity index (χ3v) is 0. The molecule has 0 radical (unpaired) electrons. The zero-order valence-electron chi connectivity index (χ0n) is 4.38. The molecule has 34 valence electrons. The molecule has 0 fully saturated rings. The molecular formula is H5AlFeMgO2Ti. The molecule has 6 heavy (non-hydrogen) atoms. The summed E-state index contributed by atoms with van der Waals surface area (Å²) in [6.45, 7) is 0. The Balaban J connectivity index is -0.00000000200. The Labute approximate surface area is 85.1 Å². The van der Waals surface area contributed by atoms with Crippen molar-refractivity contribution in [2.45, 2.75) is 0 Å². The predicted octanol–water partition coefficient (Wildman–Crippen LogP) is -1.58. The standard InChI is InChI=1S/Al.Fe.Mg.2O.Ti.5H/q;;+2;;;;;;;2*-1. The van der Waals surface area contributed by atoms with Crippen LogP contribution >= 0.6 is 0 Å². The molecule has 0 bridgehead atoms. The molecule has 0 spiro atoms. The van der Waals surface area contributed by atoms with E-state index in [0.717, 1.165) is 0 Å². The van der Waals surface area contributed by atoms with Crippen LogP contribution in [0, 0.1) is 0 Å². The third kappa shape index (κ3) is 35.5. The number of rotatable bonds is 0. The van der Waals surface area contributed by atoms with E-state index < -0.39 is 19.1 Å². The van der Waals surface area contributed by atoms with E-state index in [1.54, 1.807) is 0 Å². The molecule has 0 amide bonds. The Hall–Kier alpha value is 2.13. The molecule has 0 aliphatic rings. The van der Waals surface area contributed by atoms with Gasteiger partial charge in [0.05, 0.1) is 0 Å². The molecule has 0 aliphatic heterocycles. The summed E-state index contributed by atoms with van der Waals surface area (Å²) in [5.74, 6) is 0. The number of hydrogen-bond donors (Lipinski definition) is 0. The van der Waals surface area contributed by atoms with Crippen LogP contribution in [-0.4, -0.2) is 40.4 Å². The van der Waals surface area contributed by atoms with Gasteiger partial charge in [-0.1, -0.05) is 0 Å². The SMILES string of the molecule is [AlH3].[Fe].[H-].[H-].[Mg+2].[O]=[Ti]=[O]. The summed E-state index contributed by atoms with van der Waals surface area (Å²) in [7, 11) is 0. The maximum absolute atomic E-state index is 8.50. The molecular weight excluding hydrogens is 187 g/mol. The fourth-order valence-corrected chi connectivity index (χ4v) is 0. The van der Waals surface area contributed by atoms with Crippen LogP contribution in [0.5, 0.6) is 0 Å². The Morgan fingerprint density at radius 1 is 1.33 bits per heavy atom. The van der Waals surface area contributed by atoms with Crippen molar-refractivity contribution >= 4 is 40.4 Å². The Kier molecular flexibility index (Phi) is 110. The van der Waals surface area contributed by atoms with E-state index >= 15 is 0 Å². The first-order chi connectivity index (χ1) is 1.41. The molecule has 0 saturated heterocycles. The first-order valence-corrected chi connectivity index (χ1v) is 1.68. The fraction of sp³-hybridized carbons (Fsp3) is 0. The molecule has 2 nitrogen and oxygen atoms in total. The van der Waals surface area contributed by atoms with E-state index in [2.05, 4.69) is 0 Å². The van der Waals surface area contributed by atoms with Crippen molar-refractivity contribution < 1.29 is 45.7 Å². The van der Waals surface area contributed by atoms with Gasteiger partial charge in [0.1, 0.15) is 0 Å². The molecule has 0 aliphatic carbocycles. The summed E-state index contributed by atoms with van der Waals surface area (Å²) < 4.78 is 17.0. The Morgan fingerprint density at radius 2 is 1.33 bits per heavy atom. The van der Waals surface area contributed by atoms with Gasteiger partial charge in [0.2, 0.25) is 0 Å². The van der Waals surface area contributed by atoms with Gasteiger partial charge in [0, 0.05) is 17.1 Å². The van der Waals surface area contributed by atoms with Crippen LogP contribution < -0.4 is 0 Å². The fourth-order valence-electron chi connectivity index (χ4n) is 0. The predicted molar refractivity (Wildman–Crippen MR) is 19.3 cm³/mol. The van der Waals surface area contributed by atoms with Crippen LogP contribution in [0.25, 0.3) is 0 Å². The van der Waals surface area contributed by atoms with Crippen molar-refractivity contribution in [2.75, 3.05) is 0 Å². The van der Waals surface area contributed by atoms with E-state index in [-0.39, 0.29) is 60.3 Å². The van der Waals surface area contributed by atoms with Crippen molar-refractivity contribution in [2.24, 2.45) is 0 Å². The second-order valence-corrected chi connectivity index (χ2v) is 0.344. The topological polar surface area (TPSA) is 34.1 Å². The minimum absolute atomic E-state index is 0. The molecule has 0 N–H and O–H groups in total. The molecule has 0 heterocycles. The van der Waals surface area contributed by atoms with Gasteiger partial charge in [-0.05, 0) is 0 Å². The monoisotopic (exact) mass is 192 g/mol. The van der Waals surface area contributed by atoms with Crippen molar-refractivity contribution in [3.8, 4) is 0 Å². The molecule has 0 atom stereocenters. The quantitative estimate of drug-likeness (QED) is 0.434. The van der Waals surface area contributed by atoms with Gasteiger partial charge in [-0.2, -0.15) is 0 Å². The molecule has 6 heteroatoms. The molecule has 0 aromatic carbocycles. The van der Waals surface area contributed by atoms with Crippen molar-refractivity contribution in [1.82, 2.24) is 0 Å². The second-order valence-electron chi connectivity index (χ2n) is 0.0833. The van der Waals surface area contributed by atoms with Crippen molar-refractivity contribution in [3.05, 3.63) is 0 Å². The van der Waals surface area contributed by atoms with Gasteiger partial charge in [-0.3, -0.25) is 0 Å². The number of hydrogen-bond acceptors (Lipinski definition) is 2. The molecule has 0 saturated carbocycles. The van der Waals surface area contributed by atoms with Crippen LogP contribution in [0.1, 0.15) is 2.85 Å². The first-order valence-electron chi connectivity index (χ1n) is 0.408. The van der Waals surface area contributed by atoms with Gasteiger partial charge in [0.15, 0.2) is 17.4 Å². The summed E-state index contributed by atoms with van der Waals surface area (Å²) in [5.41, 5.74) is 0. The summed E-state index contributed by atoms with van der Waals surface area (Å²) >= 11 is -2.00. The van der Waals surface area contributed by atoms with Crippen molar-refractivity contribution in [1.29, 1.82) is 0 Å². The van der Waals surface area contributed by atoms with Gasteiger partial charge in [0.25, 0.3) is 0 Å². The van der Waals surface area contributed by atoms with Crippen LogP contribution in [0.2, 0.25) is 0 Å². The zero-order chi connectivity index (χ0) is 2.71. The minimum atomic E-state index is -2.00. The van der Waals surface area contributed by atoms with Crippen LogP contribution in [-0.2, 0) is 42.8 Å². The van der Waals surface area contributed by atoms with Crippen LogP contribution in [0.4, 0.5) is 0 Å². The zero-order valence-corrected chi connectivity index (χ0v) is 6.46. The molecule has 0 rings (SSSR count). The average molecular weight is 192 g/mol. The van der Waals surface area contributed by atoms with E-state index in [0.29, 0.717) is 0 Å². The van der Waals surface area contributed by atoms with Gasteiger partial charge < -0.3 is 2.85 Å². The summed E-state index contributed by atoms with van der Waals surface area (Å²) in [5, 5.41) is 0. The maximum atomic E-state index is 8.50. The second kappa shape index (κ2) is 27.3. The van der Waals surface area contributed by atoms with E-state index in [4.69, 9.17) is 6.65 Å². The van der Waals surface area contributed by atoms with E-state index in [1.807, 2.05) is 0 Å². The van der Waals surface area contributed by atoms with Crippen LogP contribution in [0.15, 0.2) is 0 Å². The first kappa shape index (κ1) is 24.2. The van der Waals surface area contributed by atoms with Gasteiger partial charge in [-0.15, -0.1) is 0 Å². The summed E-state index contributed by atoms with van der Waals surface area (Å²) in [4.78, 5) is 0. The van der Waals surface area contributed by atoms with Gasteiger partial charge >= 0.3 is 48.8 Å². The Bertz CT molecular complexity index is 41.0. The summed E-state index contributed by atoms with van der Waals surface area (Å²) in [6.07, 6.45) is 0. The molecule has 0 aromatic heterocycles. The third-order valence-electron chi connectivity index (χ3n) is 0. The van der Waals surface area contributed by atoms with Crippen LogP contribution in [0.3, 0.4) is 0 Å². The molecule has 0 aromatic rings. The average Bonchev–Trinajstić information content (AvgIpc) is 0.918. The molecule has 0 unspecified atom stereocenters. The normalized spacial score (nSPS) is 1.33. The van der Waals surface area contributed by atoms with Crippen molar-refractivity contribution in [3.63, 3.8) is 0 Å². The van der Waals surface area contributed by atoms with Gasteiger partial charge in [-0.25, -0.2) is 0 Å². The van der Waals surface area contributed by atoms with E-state index in [9.17, 15) is 0 Å². The summed E-state index contributed by atoms with van der Waals surface area (Å²) in [6, 6.07) is 0.